The Kier molecular flexibility index (Phi) is 6.21. The molecule has 0 atom stereocenters. The van der Waals surface area contributed by atoms with Gasteiger partial charge in [0.05, 0.1) is 17.7 Å². The molecule has 4 nitrogen and oxygen atoms in total. The van der Waals surface area contributed by atoms with Gasteiger partial charge in [-0.3, -0.25) is 9.59 Å². The maximum atomic E-state index is 13.6. The molecule has 0 bridgehead atoms. The fraction of sp³-hybridized carbons (Fsp3) is 0.529. The zero-order valence-electron chi connectivity index (χ0n) is 13.6. The molecule has 1 amide bonds. The molecule has 1 aromatic carbocycles. The van der Waals surface area contributed by atoms with Gasteiger partial charge in [-0.1, -0.05) is 19.3 Å². The maximum absolute atomic E-state index is 13.6. The summed E-state index contributed by atoms with van der Waals surface area (Å²) in [5.74, 6) is -2.54. The molecule has 1 aliphatic rings. The van der Waals surface area contributed by atoms with Gasteiger partial charge in [0.2, 0.25) is 5.91 Å². The molecule has 1 fully saturated rings. The van der Waals surface area contributed by atoms with Gasteiger partial charge in [-0.2, -0.15) is 0 Å². The number of carboxylic acids is 1. The number of hydrogen-bond donors (Lipinski definition) is 1. The number of carbonyl (C=O) groups is 2. The van der Waals surface area contributed by atoms with Crippen LogP contribution in [0.4, 0.5) is 8.78 Å². The van der Waals surface area contributed by atoms with Gasteiger partial charge in [0, 0.05) is 18.0 Å². The van der Waals surface area contributed by atoms with E-state index in [1.54, 1.807) is 7.05 Å². The SMILES string of the molecule is CN(C(=O)CSc1ccc(F)cc1F)C1(CC(=O)O)CCCCC1. The average molecular weight is 357 g/mol. The summed E-state index contributed by atoms with van der Waals surface area (Å²) in [6, 6.07) is 3.23. The second-order valence-electron chi connectivity index (χ2n) is 6.17. The first-order valence-electron chi connectivity index (χ1n) is 7.90. The van der Waals surface area contributed by atoms with Crippen LogP contribution in [0.25, 0.3) is 0 Å². The highest BCUT2D eigenvalue weighted by atomic mass is 32.2. The molecule has 0 aromatic heterocycles. The Morgan fingerprint density at radius 1 is 1.25 bits per heavy atom. The van der Waals surface area contributed by atoms with Crippen LogP contribution in [-0.4, -0.2) is 40.2 Å². The Morgan fingerprint density at radius 2 is 1.92 bits per heavy atom. The van der Waals surface area contributed by atoms with Gasteiger partial charge in [-0.05, 0) is 25.0 Å². The second-order valence-corrected chi connectivity index (χ2v) is 7.19. The third-order valence-electron chi connectivity index (χ3n) is 4.60. The number of hydrogen-bond acceptors (Lipinski definition) is 3. The monoisotopic (exact) mass is 357 g/mol. The van der Waals surface area contributed by atoms with E-state index >= 15 is 0 Å². The van der Waals surface area contributed by atoms with Crippen molar-refractivity contribution in [2.75, 3.05) is 12.8 Å². The van der Waals surface area contributed by atoms with Crippen LogP contribution < -0.4 is 0 Å². The first kappa shape index (κ1) is 18.7. The van der Waals surface area contributed by atoms with Crippen LogP contribution in [0.3, 0.4) is 0 Å². The van der Waals surface area contributed by atoms with Crippen LogP contribution in [0.1, 0.15) is 38.5 Å². The lowest BCUT2D eigenvalue weighted by molar-refractivity contribution is -0.144. The number of carboxylic acid groups (broad SMARTS) is 1. The Balaban J connectivity index is 2.04. The Bertz CT molecular complexity index is 618. The number of aliphatic carboxylic acids is 1. The minimum Gasteiger partial charge on any atom is -0.481 e. The Morgan fingerprint density at radius 3 is 2.50 bits per heavy atom. The predicted molar refractivity (Wildman–Crippen MR) is 87.9 cm³/mol. The molecule has 24 heavy (non-hydrogen) atoms. The van der Waals surface area contributed by atoms with Crippen LogP contribution in [0, 0.1) is 11.6 Å². The van der Waals surface area contributed by atoms with Gasteiger partial charge < -0.3 is 10.0 Å². The van der Waals surface area contributed by atoms with Crippen molar-refractivity contribution in [2.45, 2.75) is 49.0 Å². The molecule has 0 saturated heterocycles. The van der Waals surface area contributed by atoms with Crippen LogP contribution >= 0.6 is 11.8 Å². The summed E-state index contributed by atoms with van der Waals surface area (Å²) in [5.41, 5.74) is -0.664. The van der Waals surface area contributed by atoms with Crippen molar-refractivity contribution in [1.82, 2.24) is 4.90 Å². The molecule has 0 aliphatic heterocycles. The van der Waals surface area contributed by atoms with Crippen molar-refractivity contribution in [3.05, 3.63) is 29.8 Å². The molecule has 0 spiro atoms. The summed E-state index contributed by atoms with van der Waals surface area (Å²) < 4.78 is 26.5. The molecular weight excluding hydrogens is 336 g/mol. The summed E-state index contributed by atoms with van der Waals surface area (Å²) in [6.45, 7) is 0. The number of halogens is 2. The highest BCUT2D eigenvalue weighted by molar-refractivity contribution is 8.00. The van der Waals surface area contributed by atoms with Crippen molar-refractivity contribution in [3.8, 4) is 0 Å². The van der Waals surface area contributed by atoms with E-state index in [0.717, 1.165) is 43.2 Å². The van der Waals surface area contributed by atoms with Crippen molar-refractivity contribution in [2.24, 2.45) is 0 Å². The molecule has 1 saturated carbocycles. The fourth-order valence-corrected chi connectivity index (χ4v) is 4.05. The summed E-state index contributed by atoms with van der Waals surface area (Å²) >= 11 is 0.993. The highest BCUT2D eigenvalue weighted by Crippen LogP contribution is 2.36. The predicted octanol–water partition coefficient (Wildman–Crippen LogP) is 3.69. The van der Waals surface area contributed by atoms with E-state index in [2.05, 4.69) is 0 Å². The number of amides is 1. The largest absolute Gasteiger partial charge is 0.481 e. The van der Waals surface area contributed by atoms with Gasteiger partial charge in [-0.25, -0.2) is 8.78 Å². The number of nitrogens with zero attached hydrogens (tertiary/aromatic N) is 1. The van der Waals surface area contributed by atoms with E-state index in [4.69, 9.17) is 0 Å². The van der Waals surface area contributed by atoms with Crippen LogP contribution in [0.15, 0.2) is 23.1 Å². The third-order valence-corrected chi connectivity index (χ3v) is 5.63. The van der Waals surface area contributed by atoms with Crippen molar-refractivity contribution >= 4 is 23.6 Å². The average Bonchev–Trinajstić information content (AvgIpc) is 2.53. The first-order chi connectivity index (χ1) is 11.3. The molecule has 1 N–H and O–H groups in total. The maximum Gasteiger partial charge on any atom is 0.305 e. The quantitative estimate of drug-likeness (QED) is 0.789. The molecule has 2 rings (SSSR count). The normalized spacial score (nSPS) is 16.6. The smallest absolute Gasteiger partial charge is 0.305 e. The van der Waals surface area contributed by atoms with Crippen molar-refractivity contribution < 1.29 is 23.5 Å². The topological polar surface area (TPSA) is 57.6 Å². The standard InChI is InChI=1S/C17H21F2NO3S/c1-20(17(10-16(22)23)7-3-2-4-8-17)15(21)11-24-14-6-5-12(18)9-13(14)19/h5-6,9H,2-4,7-8,10-11H2,1H3,(H,22,23). The third kappa shape index (κ3) is 4.47. The van der Waals surface area contributed by atoms with E-state index < -0.39 is 23.1 Å². The van der Waals surface area contributed by atoms with Crippen molar-refractivity contribution in [1.29, 1.82) is 0 Å². The number of thioether (sulfide) groups is 1. The van der Waals surface area contributed by atoms with Crippen LogP contribution in [0.2, 0.25) is 0 Å². The zero-order valence-corrected chi connectivity index (χ0v) is 14.4. The first-order valence-corrected chi connectivity index (χ1v) is 8.89. The Labute approximate surface area is 144 Å². The van der Waals surface area contributed by atoms with Crippen molar-refractivity contribution in [3.63, 3.8) is 0 Å². The molecule has 0 heterocycles. The van der Waals surface area contributed by atoms with Crippen LogP contribution in [-0.2, 0) is 9.59 Å². The fourth-order valence-electron chi connectivity index (χ4n) is 3.22. The van der Waals surface area contributed by atoms with E-state index in [1.165, 1.54) is 11.0 Å². The van der Waals surface area contributed by atoms with E-state index in [-0.39, 0.29) is 23.0 Å². The van der Waals surface area contributed by atoms with E-state index in [9.17, 15) is 23.5 Å². The summed E-state index contributed by atoms with van der Waals surface area (Å²) in [5, 5.41) is 9.20. The molecule has 1 aliphatic carbocycles. The molecular formula is C17H21F2NO3S. The van der Waals surface area contributed by atoms with Gasteiger partial charge in [-0.15, -0.1) is 11.8 Å². The summed E-state index contributed by atoms with van der Waals surface area (Å²) in [4.78, 5) is 25.4. The summed E-state index contributed by atoms with van der Waals surface area (Å²) in [6.07, 6.45) is 4.08. The van der Waals surface area contributed by atoms with Gasteiger partial charge >= 0.3 is 5.97 Å². The lowest BCUT2D eigenvalue weighted by atomic mass is 9.78. The zero-order chi connectivity index (χ0) is 17.7. The van der Waals surface area contributed by atoms with E-state index in [1.807, 2.05) is 0 Å². The molecule has 132 valence electrons. The summed E-state index contributed by atoms with van der Waals surface area (Å²) in [7, 11) is 1.62. The van der Waals surface area contributed by atoms with E-state index in [0.29, 0.717) is 12.8 Å². The molecule has 1 aromatic rings. The number of benzene rings is 1. The molecule has 0 unspecified atom stereocenters. The minimum atomic E-state index is -0.922. The number of rotatable bonds is 6. The Hall–Kier alpha value is -1.63. The lowest BCUT2D eigenvalue weighted by Gasteiger charge is -2.44. The van der Waals surface area contributed by atoms with Gasteiger partial charge in [0.25, 0.3) is 0 Å². The molecule has 7 heteroatoms. The second kappa shape index (κ2) is 7.96. The van der Waals surface area contributed by atoms with Gasteiger partial charge in [0.15, 0.2) is 0 Å². The lowest BCUT2D eigenvalue weighted by Crippen LogP contribution is -2.52. The van der Waals surface area contributed by atoms with Gasteiger partial charge in [0.1, 0.15) is 11.6 Å². The number of carbonyl (C=O) groups excluding carboxylic acids is 1. The highest BCUT2D eigenvalue weighted by Gasteiger charge is 2.40. The van der Waals surface area contributed by atoms with Crippen LogP contribution in [0.5, 0.6) is 0 Å². The molecule has 0 radical (unpaired) electrons. The minimum absolute atomic E-state index is 0.0135.